The van der Waals surface area contributed by atoms with Crippen molar-refractivity contribution in [2.24, 2.45) is 11.7 Å². The van der Waals surface area contributed by atoms with Gasteiger partial charge in [-0.15, -0.1) is 0 Å². The fraction of sp³-hybridized carbons (Fsp3) is 0.929. The van der Waals surface area contributed by atoms with Gasteiger partial charge in [0.25, 0.3) is 0 Å². The number of hydrogen-bond acceptors (Lipinski definition) is 3. The molecule has 2 unspecified atom stereocenters. The maximum atomic E-state index is 11.8. The van der Waals surface area contributed by atoms with Gasteiger partial charge >= 0.3 is 0 Å². The second-order valence-electron chi connectivity index (χ2n) is 5.66. The van der Waals surface area contributed by atoms with E-state index in [1.54, 1.807) is 0 Å². The van der Waals surface area contributed by atoms with Crippen LogP contribution in [0.3, 0.4) is 0 Å². The van der Waals surface area contributed by atoms with E-state index in [2.05, 4.69) is 19.2 Å². The van der Waals surface area contributed by atoms with Gasteiger partial charge in [0.2, 0.25) is 5.91 Å². The number of rotatable bonds is 7. The number of hydrogen-bond donors (Lipinski definition) is 2. The molecule has 0 bridgehead atoms. The van der Waals surface area contributed by atoms with Crippen LogP contribution in [0.15, 0.2) is 0 Å². The fourth-order valence-electron chi connectivity index (χ4n) is 2.41. The minimum atomic E-state index is 0.111. The lowest BCUT2D eigenvalue weighted by atomic mass is 10.0. The summed E-state index contributed by atoms with van der Waals surface area (Å²) in [5.41, 5.74) is 5.67. The van der Waals surface area contributed by atoms with Crippen molar-refractivity contribution in [3.8, 4) is 0 Å². The second-order valence-corrected chi connectivity index (χ2v) is 5.66. The normalized spacial score (nSPS) is 21.9. The van der Waals surface area contributed by atoms with E-state index in [0.717, 1.165) is 32.3 Å². The van der Waals surface area contributed by atoms with Gasteiger partial charge in [0, 0.05) is 25.6 Å². The zero-order valence-corrected chi connectivity index (χ0v) is 11.8. The van der Waals surface area contributed by atoms with Gasteiger partial charge in [0.05, 0.1) is 6.10 Å². The molecule has 4 heteroatoms. The summed E-state index contributed by atoms with van der Waals surface area (Å²) >= 11 is 0. The van der Waals surface area contributed by atoms with Crippen molar-refractivity contribution >= 4 is 5.91 Å². The lowest BCUT2D eigenvalue weighted by molar-refractivity contribution is -0.122. The zero-order chi connectivity index (χ0) is 13.4. The first-order chi connectivity index (χ1) is 8.61. The highest BCUT2D eigenvalue weighted by Crippen LogP contribution is 2.16. The lowest BCUT2D eigenvalue weighted by Crippen LogP contribution is -2.41. The van der Waals surface area contributed by atoms with Crippen molar-refractivity contribution < 1.29 is 9.53 Å². The van der Waals surface area contributed by atoms with E-state index < -0.39 is 0 Å². The van der Waals surface area contributed by atoms with Gasteiger partial charge in [-0.1, -0.05) is 13.8 Å². The van der Waals surface area contributed by atoms with Crippen LogP contribution < -0.4 is 11.1 Å². The SMILES string of the molecule is CC(C)CC(CN)NC(=O)CCC1CCCCO1. The maximum Gasteiger partial charge on any atom is 0.220 e. The molecule has 0 spiro atoms. The van der Waals surface area contributed by atoms with E-state index in [0.29, 0.717) is 18.9 Å². The van der Waals surface area contributed by atoms with Gasteiger partial charge in [0.15, 0.2) is 0 Å². The third-order valence-corrected chi connectivity index (χ3v) is 3.37. The van der Waals surface area contributed by atoms with Crippen LogP contribution in [-0.2, 0) is 9.53 Å². The largest absolute Gasteiger partial charge is 0.378 e. The average Bonchev–Trinajstić information content (AvgIpc) is 2.36. The van der Waals surface area contributed by atoms with Crippen molar-refractivity contribution in [2.45, 2.75) is 64.5 Å². The fourth-order valence-corrected chi connectivity index (χ4v) is 2.41. The average molecular weight is 256 g/mol. The zero-order valence-electron chi connectivity index (χ0n) is 11.8. The summed E-state index contributed by atoms with van der Waals surface area (Å²) in [6.45, 7) is 5.66. The lowest BCUT2D eigenvalue weighted by Gasteiger charge is -2.23. The Balaban J connectivity index is 2.18. The van der Waals surface area contributed by atoms with Gasteiger partial charge in [-0.25, -0.2) is 0 Å². The highest BCUT2D eigenvalue weighted by Gasteiger charge is 2.17. The highest BCUT2D eigenvalue weighted by molar-refractivity contribution is 5.76. The molecule has 0 radical (unpaired) electrons. The van der Waals surface area contributed by atoms with Crippen LogP contribution in [0.25, 0.3) is 0 Å². The first-order valence-electron chi connectivity index (χ1n) is 7.22. The van der Waals surface area contributed by atoms with Crippen LogP contribution in [-0.4, -0.2) is 31.2 Å². The molecule has 1 rings (SSSR count). The van der Waals surface area contributed by atoms with E-state index in [-0.39, 0.29) is 18.1 Å². The predicted octanol–water partition coefficient (Wildman–Crippen LogP) is 1.83. The van der Waals surface area contributed by atoms with Gasteiger partial charge in [-0.05, 0) is 38.0 Å². The Hall–Kier alpha value is -0.610. The number of carbonyl (C=O) groups excluding carboxylic acids is 1. The molecule has 2 atom stereocenters. The van der Waals surface area contributed by atoms with Crippen LogP contribution in [0.5, 0.6) is 0 Å². The van der Waals surface area contributed by atoms with E-state index in [1.165, 1.54) is 6.42 Å². The molecule has 1 fully saturated rings. The molecule has 4 nitrogen and oxygen atoms in total. The van der Waals surface area contributed by atoms with E-state index in [4.69, 9.17) is 10.5 Å². The minimum absolute atomic E-state index is 0.111. The molecular formula is C14H28N2O2. The molecule has 0 saturated carbocycles. The Bertz CT molecular complexity index is 238. The molecule has 1 aliphatic heterocycles. The summed E-state index contributed by atoms with van der Waals surface area (Å²) in [4.78, 5) is 11.8. The molecule has 0 aromatic carbocycles. The molecule has 1 amide bonds. The molecule has 1 aliphatic rings. The van der Waals surface area contributed by atoms with Crippen molar-refractivity contribution in [1.82, 2.24) is 5.32 Å². The van der Waals surface area contributed by atoms with Crippen LogP contribution in [0.2, 0.25) is 0 Å². The molecule has 3 N–H and O–H groups in total. The smallest absolute Gasteiger partial charge is 0.220 e. The van der Waals surface area contributed by atoms with Crippen molar-refractivity contribution in [3.63, 3.8) is 0 Å². The first-order valence-corrected chi connectivity index (χ1v) is 7.22. The molecule has 0 aromatic heterocycles. The van der Waals surface area contributed by atoms with Crippen molar-refractivity contribution in [3.05, 3.63) is 0 Å². The van der Waals surface area contributed by atoms with Gasteiger partial charge in [-0.2, -0.15) is 0 Å². The maximum absolute atomic E-state index is 11.8. The van der Waals surface area contributed by atoms with E-state index >= 15 is 0 Å². The van der Waals surface area contributed by atoms with Crippen molar-refractivity contribution in [2.75, 3.05) is 13.2 Å². The standard InChI is InChI=1S/C14H28N2O2/c1-11(2)9-12(10-15)16-14(17)7-6-13-5-3-4-8-18-13/h11-13H,3-10,15H2,1-2H3,(H,16,17). The quantitative estimate of drug-likeness (QED) is 0.730. The number of nitrogens with one attached hydrogen (secondary N) is 1. The van der Waals surface area contributed by atoms with Crippen LogP contribution in [0.1, 0.15) is 52.4 Å². The van der Waals surface area contributed by atoms with Crippen molar-refractivity contribution in [1.29, 1.82) is 0 Å². The van der Waals surface area contributed by atoms with Gasteiger partial charge < -0.3 is 15.8 Å². The van der Waals surface area contributed by atoms with E-state index in [1.807, 2.05) is 0 Å². The highest BCUT2D eigenvalue weighted by atomic mass is 16.5. The summed E-state index contributed by atoms with van der Waals surface area (Å²) in [7, 11) is 0. The molecule has 0 aromatic rings. The topological polar surface area (TPSA) is 64.3 Å². The molecule has 1 saturated heterocycles. The van der Waals surface area contributed by atoms with Gasteiger partial charge in [0.1, 0.15) is 0 Å². The number of nitrogens with two attached hydrogens (primary N) is 1. The summed E-state index contributed by atoms with van der Waals surface area (Å²) in [5, 5.41) is 3.02. The summed E-state index contributed by atoms with van der Waals surface area (Å²) in [5.74, 6) is 0.667. The molecule has 106 valence electrons. The molecule has 0 aliphatic carbocycles. The Morgan fingerprint density at radius 2 is 2.22 bits per heavy atom. The van der Waals surface area contributed by atoms with Crippen LogP contribution in [0, 0.1) is 5.92 Å². The number of amides is 1. The van der Waals surface area contributed by atoms with E-state index in [9.17, 15) is 4.79 Å². The van der Waals surface area contributed by atoms with Crippen LogP contribution in [0.4, 0.5) is 0 Å². The Kier molecular flexibility index (Phi) is 7.28. The predicted molar refractivity (Wildman–Crippen MR) is 73.3 cm³/mol. The monoisotopic (exact) mass is 256 g/mol. The summed E-state index contributed by atoms with van der Waals surface area (Å²) in [6.07, 6.45) is 6.11. The molecule has 1 heterocycles. The minimum Gasteiger partial charge on any atom is -0.378 e. The summed E-state index contributed by atoms with van der Waals surface area (Å²) < 4.78 is 5.62. The second kappa shape index (κ2) is 8.48. The Morgan fingerprint density at radius 3 is 2.78 bits per heavy atom. The van der Waals surface area contributed by atoms with Gasteiger partial charge in [-0.3, -0.25) is 4.79 Å². The first kappa shape index (κ1) is 15.4. The number of ether oxygens (including phenoxy) is 1. The summed E-state index contributed by atoms with van der Waals surface area (Å²) in [6, 6.07) is 0.116. The number of carbonyl (C=O) groups is 1. The van der Waals surface area contributed by atoms with Crippen LogP contribution >= 0.6 is 0 Å². The Labute approximate surface area is 111 Å². The molecular weight excluding hydrogens is 228 g/mol. The Morgan fingerprint density at radius 1 is 1.44 bits per heavy atom. The molecule has 18 heavy (non-hydrogen) atoms. The third kappa shape index (κ3) is 6.36. The third-order valence-electron chi connectivity index (χ3n) is 3.37.